The average molecular weight is 461 g/mol. The summed E-state index contributed by atoms with van der Waals surface area (Å²) in [5.41, 5.74) is 1.48. The number of nitro groups is 1. The van der Waals surface area contributed by atoms with Crippen molar-refractivity contribution in [3.8, 4) is 5.75 Å². The first-order chi connectivity index (χ1) is 15.0. The van der Waals surface area contributed by atoms with Crippen molar-refractivity contribution < 1.29 is 24.0 Å². The second-order valence-electron chi connectivity index (χ2n) is 9.01. The van der Waals surface area contributed by atoms with Crippen LogP contribution in [0.4, 0.5) is 10.7 Å². The van der Waals surface area contributed by atoms with Gasteiger partial charge >= 0.3 is 5.97 Å². The number of nitrogens with zero attached hydrogens (tertiary/aromatic N) is 1. The molecular formula is C23H28N2O6S. The highest BCUT2D eigenvalue weighted by Gasteiger charge is 2.34. The van der Waals surface area contributed by atoms with Crippen LogP contribution >= 0.6 is 11.3 Å². The highest BCUT2D eigenvalue weighted by molar-refractivity contribution is 7.17. The Morgan fingerprint density at radius 3 is 2.47 bits per heavy atom. The zero-order valence-corrected chi connectivity index (χ0v) is 19.7. The maximum Gasteiger partial charge on any atom is 0.341 e. The molecule has 2 atom stereocenters. The molecule has 1 aromatic heterocycles. The first-order valence-corrected chi connectivity index (χ1v) is 11.3. The topological polar surface area (TPSA) is 108 Å². The van der Waals surface area contributed by atoms with Crippen LogP contribution in [-0.2, 0) is 22.4 Å². The number of carbonyl (C=O) groups is 2. The fraction of sp³-hybridized carbons (Fsp3) is 0.478. The SMILES string of the molecule is COC(=O)c1c(NC(=O)C(C)Oc2ccc([N+](=O)[O-])cc2)sc2c1CCC(C(C)(C)C)C2. The molecule has 2 unspecified atom stereocenters. The molecular weight excluding hydrogens is 432 g/mol. The van der Waals surface area contributed by atoms with Crippen molar-refractivity contribution in [2.24, 2.45) is 11.3 Å². The number of thiophene rings is 1. The molecule has 1 aliphatic rings. The number of nitro benzene ring substituents is 1. The molecule has 2 aromatic rings. The average Bonchev–Trinajstić information content (AvgIpc) is 3.09. The van der Waals surface area contributed by atoms with E-state index in [1.165, 1.54) is 42.7 Å². The minimum Gasteiger partial charge on any atom is -0.481 e. The van der Waals surface area contributed by atoms with Gasteiger partial charge in [-0.2, -0.15) is 0 Å². The second-order valence-corrected chi connectivity index (χ2v) is 10.1. The third kappa shape index (κ3) is 5.09. The third-order valence-corrected chi connectivity index (χ3v) is 7.02. The molecule has 1 amide bonds. The number of ether oxygens (including phenoxy) is 2. The first-order valence-electron chi connectivity index (χ1n) is 10.5. The Morgan fingerprint density at radius 2 is 1.91 bits per heavy atom. The van der Waals surface area contributed by atoms with E-state index in [1.807, 2.05) is 0 Å². The standard InChI is InChI=1S/C23H28N2O6S/c1-13(31-16-9-7-15(8-10-16)25(28)29)20(26)24-21-19(22(27)30-5)17-11-6-14(23(2,3)4)12-18(17)32-21/h7-10,13-14H,6,11-12H2,1-5H3,(H,24,26). The van der Waals surface area contributed by atoms with Gasteiger partial charge in [-0.3, -0.25) is 14.9 Å². The Balaban J connectivity index is 1.78. The number of nitrogens with one attached hydrogen (secondary N) is 1. The van der Waals surface area contributed by atoms with E-state index in [0.717, 1.165) is 29.7 Å². The highest BCUT2D eigenvalue weighted by atomic mass is 32.1. The molecule has 0 saturated carbocycles. The third-order valence-electron chi connectivity index (χ3n) is 5.85. The van der Waals surface area contributed by atoms with E-state index >= 15 is 0 Å². The summed E-state index contributed by atoms with van der Waals surface area (Å²) >= 11 is 1.42. The summed E-state index contributed by atoms with van der Waals surface area (Å²) in [6.07, 6.45) is 1.73. The fourth-order valence-electron chi connectivity index (χ4n) is 3.85. The van der Waals surface area contributed by atoms with E-state index in [1.54, 1.807) is 6.92 Å². The summed E-state index contributed by atoms with van der Waals surface area (Å²) in [4.78, 5) is 36.7. The van der Waals surface area contributed by atoms with Crippen LogP contribution in [0, 0.1) is 21.4 Å². The Hall–Kier alpha value is -2.94. The predicted octanol–water partition coefficient (Wildman–Crippen LogP) is 5.00. The lowest BCUT2D eigenvalue weighted by Crippen LogP contribution is -2.30. The number of carbonyl (C=O) groups excluding carboxylic acids is 2. The zero-order valence-electron chi connectivity index (χ0n) is 18.9. The molecule has 0 fully saturated rings. The number of hydrogen-bond donors (Lipinski definition) is 1. The molecule has 0 radical (unpaired) electrons. The maximum atomic E-state index is 12.8. The lowest BCUT2D eigenvalue weighted by atomic mass is 9.72. The molecule has 32 heavy (non-hydrogen) atoms. The van der Waals surface area contributed by atoms with Crippen LogP contribution in [0.25, 0.3) is 0 Å². The largest absolute Gasteiger partial charge is 0.481 e. The van der Waals surface area contributed by atoms with E-state index in [4.69, 9.17) is 9.47 Å². The zero-order chi connectivity index (χ0) is 23.6. The van der Waals surface area contributed by atoms with Crippen molar-refractivity contribution in [1.29, 1.82) is 0 Å². The van der Waals surface area contributed by atoms with Crippen molar-refractivity contribution >= 4 is 33.9 Å². The van der Waals surface area contributed by atoms with E-state index < -0.39 is 22.9 Å². The summed E-state index contributed by atoms with van der Waals surface area (Å²) < 4.78 is 10.6. The van der Waals surface area contributed by atoms with Crippen molar-refractivity contribution in [3.63, 3.8) is 0 Å². The van der Waals surface area contributed by atoms with Gasteiger partial charge in [0.25, 0.3) is 11.6 Å². The Kier molecular flexibility index (Phi) is 6.88. The number of hydrogen-bond acceptors (Lipinski definition) is 7. The van der Waals surface area contributed by atoms with Gasteiger partial charge in [0.1, 0.15) is 10.8 Å². The molecule has 1 aliphatic carbocycles. The van der Waals surface area contributed by atoms with Crippen molar-refractivity contribution in [2.45, 2.75) is 53.1 Å². The van der Waals surface area contributed by atoms with Gasteiger partial charge in [0.05, 0.1) is 17.6 Å². The van der Waals surface area contributed by atoms with E-state index in [0.29, 0.717) is 22.2 Å². The van der Waals surface area contributed by atoms with Crippen molar-refractivity contribution in [1.82, 2.24) is 0 Å². The van der Waals surface area contributed by atoms with Gasteiger partial charge in [0.15, 0.2) is 6.10 Å². The van der Waals surface area contributed by atoms with Gasteiger partial charge in [0.2, 0.25) is 0 Å². The van der Waals surface area contributed by atoms with Gasteiger partial charge in [-0.1, -0.05) is 20.8 Å². The summed E-state index contributed by atoms with van der Waals surface area (Å²) in [6.45, 7) is 8.24. The van der Waals surface area contributed by atoms with Gasteiger partial charge in [0, 0.05) is 17.0 Å². The van der Waals surface area contributed by atoms with Crippen LogP contribution in [0.2, 0.25) is 0 Å². The molecule has 0 saturated heterocycles. The lowest BCUT2D eigenvalue weighted by molar-refractivity contribution is -0.384. The Labute approximate surface area is 191 Å². The number of non-ortho nitro benzene ring substituents is 1. The normalized spacial score (nSPS) is 16.6. The van der Waals surface area contributed by atoms with Gasteiger partial charge in [-0.15, -0.1) is 11.3 Å². The minimum absolute atomic E-state index is 0.0603. The molecule has 3 rings (SSSR count). The van der Waals surface area contributed by atoms with E-state index in [-0.39, 0.29) is 11.1 Å². The van der Waals surface area contributed by atoms with Crippen LogP contribution in [-0.4, -0.2) is 30.0 Å². The van der Waals surface area contributed by atoms with E-state index in [9.17, 15) is 19.7 Å². The maximum absolute atomic E-state index is 12.8. The monoisotopic (exact) mass is 460 g/mol. The predicted molar refractivity (Wildman–Crippen MR) is 122 cm³/mol. The number of rotatable bonds is 6. The number of benzene rings is 1. The molecule has 0 spiro atoms. The quantitative estimate of drug-likeness (QED) is 0.369. The highest BCUT2D eigenvalue weighted by Crippen LogP contribution is 2.44. The second kappa shape index (κ2) is 9.28. The molecule has 9 heteroatoms. The lowest BCUT2D eigenvalue weighted by Gasteiger charge is -2.33. The number of fused-ring (bicyclic) bond motifs is 1. The van der Waals surface area contributed by atoms with Crippen LogP contribution in [0.5, 0.6) is 5.75 Å². The molecule has 0 aliphatic heterocycles. The molecule has 1 aromatic carbocycles. The summed E-state index contributed by atoms with van der Waals surface area (Å²) in [7, 11) is 1.33. The molecule has 1 N–H and O–H groups in total. The smallest absolute Gasteiger partial charge is 0.341 e. The molecule has 172 valence electrons. The molecule has 0 bridgehead atoms. The van der Waals surface area contributed by atoms with Crippen LogP contribution in [0.15, 0.2) is 24.3 Å². The summed E-state index contributed by atoms with van der Waals surface area (Å²) in [5.74, 6) is -0.0487. The number of esters is 1. The summed E-state index contributed by atoms with van der Waals surface area (Å²) in [6, 6.07) is 5.51. The number of methoxy groups -OCH3 is 1. The minimum atomic E-state index is -0.872. The van der Waals surface area contributed by atoms with Crippen LogP contribution < -0.4 is 10.1 Å². The molecule has 1 heterocycles. The van der Waals surface area contributed by atoms with Gasteiger partial charge < -0.3 is 14.8 Å². The first kappa shape index (κ1) is 23.7. The van der Waals surface area contributed by atoms with Crippen LogP contribution in [0.1, 0.15) is 54.9 Å². The van der Waals surface area contributed by atoms with Crippen molar-refractivity contribution in [2.75, 3.05) is 12.4 Å². The number of anilines is 1. The summed E-state index contributed by atoms with van der Waals surface area (Å²) in [5, 5.41) is 14.1. The van der Waals surface area contributed by atoms with Gasteiger partial charge in [-0.25, -0.2) is 4.79 Å². The Bertz CT molecular complexity index is 1020. The van der Waals surface area contributed by atoms with Gasteiger partial charge in [-0.05, 0) is 55.2 Å². The van der Waals surface area contributed by atoms with E-state index in [2.05, 4.69) is 26.1 Å². The fourth-order valence-corrected chi connectivity index (χ4v) is 5.17. The Morgan fingerprint density at radius 1 is 1.25 bits per heavy atom. The van der Waals surface area contributed by atoms with Crippen LogP contribution in [0.3, 0.4) is 0 Å². The van der Waals surface area contributed by atoms with Crippen molar-refractivity contribution in [3.05, 3.63) is 50.4 Å². The number of amides is 1. The molecule has 8 nitrogen and oxygen atoms in total.